The van der Waals surface area contributed by atoms with E-state index in [0.29, 0.717) is 12.5 Å². The van der Waals surface area contributed by atoms with Crippen LogP contribution in [0.3, 0.4) is 0 Å². The molecule has 1 aliphatic carbocycles. The van der Waals surface area contributed by atoms with E-state index in [1.165, 1.54) is 30.3 Å². The fourth-order valence-electron chi connectivity index (χ4n) is 4.95. The Hall–Kier alpha value is -3.28. The number of fused-ring (bicyclic) bond motifs is 1. The number of ether oxygens (including phenoxy) is 2. The number of rotatable bonds is 6. The zero-order valence-electron chi connectivity index (χ0n) is 19.0. The quantitative estimate of drug-likeness (QED) is 0.601. The molecule has 2 aromatic rings. The highest BCUT2D eigenvalue weighted by atomic mass is 19.4. The number of nitrogens with one attached hydrogen (secondary N) is 1. The van der Waals surface area contributed by atoms with E-state index < -0.39 is 58.8 Å². The van der Waals surface area contributed by atoms with Crippen LogP contribution in [0.5, 0.6) is 5.88 Å². The number of halogens is 5. The highest BCUT2D eigenvalue weighted by Crippen LogP contribution is 2.49. The Kier molecular flexibility index (Phi) is 6.09. The van der Waals surface area contributed by atoms with E-state index in [1.54, 1.807) is 0 Å². The molecule has 0 unspecified atom stereocenters. The summed E-state index contributed by atoms with van der Waals surface area (Å²) in [5.41, 5.74) is -1.84. The van der Waals surface area contributed by atoms with Gasteiger partial charge in [-0.05, 0) is 37.0 Å². The Morgan fingerprint density at radius 1 is 1.17 bits per heavy atom. The normalized spacial score (nSPS) is 24.1. The van der Waals surface area contributed by atoms with Crippen molar-refractivity contribution in [2.45, 2.75) is 37.1 Å². The number of piperidine rings is 1. The number of amides is 2. The Bertz CT molecular complexity index is 1200. The number of nitrogens with zero attached hydrogens (tertiary/aromatic N) is 2. The molecule has 36 heavy (non-hydrogen) atoms. The average Bonchev–Trinajstić information content (AvgIpc) is 3.47. The summed E-state index contributed by atoms with van der Waals surface area (Å²) >= 11 is 0. The number of benzene rings is 1. The third-order valence-corrected chi connectivity index (χ3v) is 6.99. The maximum Gasteiger partial charge on any atom is 0.419 e. The summed E-state index contributed by atoms with van der Waals surface area (Å²) in [7, 11) is 1.41. The van der Waals surface area contributed by atoms with Gasteiger partial charge in [0.05, 0.1) is 31.9 Å². The lowest BCUT2D eigenvalue weighted by atomic mass is 9.89. The van der Waals surface area contributed by atoms with Gasteiger partial charge in [0.2, 0.25) is 11.8 Å². The van der Waals surface area contributed by atoms with Crippen molar-refractivity contribution >= 4 is 11.8 Å². The fourth-order valence-corrected chi connectivity index (χ4v) is 4.95. The van der Waals surface area contributed by atoms with E-state index in [0.717, 1.165) is 6.42 Å². The highest BCUT2D eigenvalue weighted by Gasteiger charge is 2.56. The molecule has 0 spiro atoms. The lowest BCUT2D eigenvalue weighted by Gasteiger charge is -2.36. The lowest BCUT2D eigenvalue weighted by Crippen LogP contribution is -2.51. The molecule has 192 valence electrons. The third kappa shape index (κ3) is 4.38. The molecule has 5 rings (SSSR count). The standard InChI is InChI=1S/C24H22F5N3O4/c1-35-20-6-11(2-3-30-20)23(34)32-18-4-12(18)5-19(32)22(33)31-21(13-9-36-10-13)14-7-17(26)15(8-16(14)25)24(27,28)29/h2-3,6-8,12-13,18-19,21H,4-5,9-10H2,1H3,(H,31,33)/t12-,18-,19-,21-/m1/s1. The predicted molar refractivity (Wildman–Crippen MR) is 114 cm³/mol. The van der Waals surface area contributed by atoms with Crippen molar-refractivity contribution in [1.29, 1.82) is 0 Å². The van der Waals surface area contributed by atoms with Gasteiger partial charge in [-0.3, -0.25) is 9.59 Å². The molecule has 3 aliphatic rings. The topological polar surface area (TPSA) is 80.8 Å². The Balaban J connectivity index is 1.40. The van der Waals surface area contributed by atoms with Crippen molar-refractivity contribution < 1.29 is 41.0 Å². The molecule has 2 aliphatic heterocycles. The summed E-state index contributed by atoms with van der Waals surface area (Å²) in [6, 6.07) is 1.41. The first-order valence-electron chi connectivity index (χ1n) is 11.4. The van der Waals surface area contributed by atoms with Crippen molar-refractivity contribution in [1.82, 2.24) is 15.2 Å². The minimum Gasteiger partial charge on any atom is -0.481 e. The smallest absolute Gasteiger partial charge is 0.419 e. The molecular formula is C24H22F5N3O4. The molecule has 3 heterocycles. The maximum atomic E-state index is 14.8. The van der Waals surface area contributed by atoms with Gasteiger partial charge in [-0.2, -0.15) is 13.2 Å². The zero-order valence-corrected chi connectivity index (χ0v) is 19.0. The number of pyridine rings is 1. The molecule has 12 heteroatoms. The molecule has 2 amide bonds. The first-order chi connectivity index (χ1) is 17.1. The van der Waals surface area contributed by atoms with E-state index in [9.17, 15) is 31.5 Å². The van der Waals surface area contributed by atoms with Crippen LogP contribution in [0, 0.1) is 23.5 Å². The minimum absolute atomic E-state index is 0.0980. The van der Waals surface area contributed by atoms with Crippen LogP contribution in [-0.4, -0.2) is 54.1 Å². The molecule has 1 N–H and O–H groups in total. The Labute approximate surface area is 202 Å². The van der Waals surface area contributed by atoms with Crippen LogP contribution in [0.1, 0.15) is 40.4 Å². The molecule has 0 radical (unpaired) electrons. The van der Waals surface area contributed by atoms with Crippen molar-refractivity contribution in [2.75, 3.05) is 20.3 Å². The second kappa shape index (κ2) is 8.99. The van der Waals surface area contributed by atoms with E-state index in [2.05, 4.69) is 10.3 Å². The van der Waals surface area contributed by atoms with Crippen molar-refractivity contribution in [3.05, 3.63) is 58.8 Å². The third-order valence-electron chi connectivity index (χ3n) is 6.99. The predicted octanol–water partition coefficient (Wildman–Crippen LogP) is 3.49. The number of carbonyl (C=O) groups excluding carboxylic acids is 2. The van der Waals surface area contributed by atoms with Gasteiger partial charge >= 0.3 is 6.18 Å². The van der Waals surface area contributed by atoms with Crippen LogP contribution in [-0.2, 0) is 15.7 Å². The van der Waals surface area contributed by atoms with Gasteiger partial charge in [-0.1, -0.05) is 0 Å². The average molecular weight is 511 g/mol. The van der Waals surface area contributed by atoms with E-state index in [4.69, 9.17) is 9.47 Å². The Morgan fingerprint density at radius 2 is 1.92 bits per heavy atom. The van der Waals surface area contributed by atoms with E-state index in [1.807, 2.05) is 0 Å². The first-order valence-corrected chi connectivity index (χ1v) is 11.4. The first kappa shape index (κ1) is 24.4. The van der Waals surface area contributed by atoms with Gasteiger partial charge < -0.3 is 19.7 Å². The molecule has 2 saturated heterocycles. The number of likely N-dealkylation sites (tertiary alicyclic amines) is 1. The van der Waals surface area contributed by atoms with Gasteiger partial charge in [0.15, 0.2) is 0 Å². The molecular weight excluding hydrogens is 489 g/mol. The number of hydrogen-bond donors (Lipinski definition) is 1. The van der Waals surface area contributed by atoms with Gasteiger partial charge in [0.1, 0.15) is 17.7 Å². The largest absolute Gasteiger partial charge is 0.481 e. The lowest BCUT2D eigenvalue weighted by molar-refractivity contribution is -0.140. The summed E-state index contributed by atoms with van der Waals surface area (Å²) in [5, 5.41) is 2.67. The summed E-state index contributed by atoms with van der Waals surface area (Å²) in [6.07, 6.45) is -2.52. The van der Waals surface area contributed by atoms with Gasteiger partial charge in [-0.25, -0.2) is 13.8 Å². The van der Waals surface area contributed by atoms with Gasteiger partial charge in [-0.15, -0.1) is 0 Å². The summed E-state index contributed by atoms with van der Waals surface area (Å²) in [4.78, 5) is 32.1. The van der Waals surface area contributed by atoms with Crippen LogP contribution >= 0.6 is 0 Å². The number of carbonyl (C=O) groups is 2. The molecule has 1 aromatic carbocycles. The summed E-state index contributed by atoms with van der Waals surface area (Å²) < 4.78 is 78.3. The van der Waals surface area contributed by atoms with E-state index in [-0.39, 0.29) is 42.7 Å². The summed E-state index contributed by atoms with van der Waals surface area (Å²) in [6.45, 7) is 0.227. The van der Waals surface area contributed by atoms with Crippen LogP contribution in [0.25, 0.3) is 0 Å². The molecule has 4 atom stereocenters. The molecule has 0 bridgehead atoms. The molecule has 1 aromatic heterocycles. The summed E-state index contributed by atoms with van der Waals surface area (Å²) in [5.74, 6) is -4.00. The van der Waals surface area contributed by atoms with Crippen LogP contribution in [0.2, 0.25) is 0 Å². The van der Waals surface area contributed by atoms with Crippen molar-refractivity contribution in [2.24, 2.45) is 11.8 Å². The Morgan fingerprint density at radius 3 is 2.56 bits per heavy atom. The monoisotopic (exact) mass is 511 g/mol. The van der Waals surface area contributed by atoms with Gasteiger partial charge in [0, 0.05) is 35.3 Å². The number of aromatic nitrogens is 1. The van der Waals surface area contributed by atoms with Crippen LogP contribution < -0.4 is 10.1 Å². The fraction of sp³-hybridized carbons (Fsp3) is 0.458. The highest BCUT2D eigenvalue weighted by molar-refractivity contribution is 5.99. The molecule has 3 fully saturated rings. The zero-order chi connectivity index (χ0) is 25.8. The van der Waals surface area contributed by atoms with Crippen LogP contribution in [0.4, 0.5) is 22.0 Å². The molecule has 7 nitrogen and oxygen atoms in total. The number of alkyl halides is 3. The van der Waals surface area contributed by atoms with Gasteiger partial charge in [0.25, 0.3) is 5.91 Å². The molecule has 1 saturated carbocycles. The van der Waals surface area contributed by atoms with Crippen molar-refractivity contribution in [3.8, 4) is 5.88 Å². The second-order valence-corrected chi connectivity index (χ2v) is 9.25. The van der Waals surface area contributed by atoms with Crippen LogP contribution in [0.15, 0.2) is 30.5 Å². The SMILES string of the molecule is COc1cc(C(=O)N2[C@@H](C(=O)N[C@@H](c3cc(F)c(C(F)(F)F)cc3F)C3COC3)C[C@H]3C[C@H]32)ccn1. The second-order valence-electron chi connectivity index (χ2n) is 9.25. The van der Waals surface area contributed by atoms with E-state index >= 15 is 0 Å². The number of hydrogen-bond acceptors (Lipinski definition) is 5. The van der Waals surface area contributed by atoms with Crippen molar-refractivity contribution in [3.63, 3.8) is 0 Å². The maximum absolute atomic E-state index is 14.8. The number of methoxy groups -OCH3 is 1. The minimum atomic E-state index is -5.07.